The molecule has 3 nitrogen and oxygen atoms in total. The molecule has 2 unspecified atom stereocenters. The maximum absolute atomic E-state index is 6.23. The molecule has 2 aliphatic heterocycles. The van der Waals surface area contributed by atoms with Gasteiger partial charge < -0.3 is 5.73 Å². The molecule has 2 heterocycles. The predicted molar refractivity (Wildman–Crippen MR) is 91.6 cm³/mol. The Bertz CT molecular complexity index is 453. The first-order valence-electron chi connectivity index (χ1n) is 8.05. The monoisotopic (exact) mass is 305 g/mol. The molecular formula is C17H27N3S. The van der Waals surface area contributed by atoms with Crippen LogP contribution in [-0.4, -0.2) is 59.1 Å². The van der Waals surface area contributed by atoms with Crippen LogP contribution in [0.4, 0.5) is 0 Å². The molecular weight excluding hydrogens is 278 g/mol. The molecule has 0 spiro atoms. The fraction of sp³-hybridized carbons (Fsp3) is 0.647. The van der Waals surface area contributed by atoms with Crippen LogP contribution in [0.15, 0.2) is 30.3 Å². The minimum absolute atomic E-state index is 0.212. The standard InChI is InChI=1S/C17H27N3S/c1-15-11-20(9-10-21-15)17(13-18)7-8-19(14-17)12-16-5-3-2-4-6-16/h2-6,15H,7-14,18H2,1H3. The number of likely N-dealkylation sites (tertiary alicyclic amines) is 1. The fourth-order valence-electron chi connectivity index (χ4n) is 3.72. The summed E-state index contributed by atoms with van der Waals surface area (Å²) in [6, 6.07) is 10.8. The van der Waals surface area contributed by atoms with E-state index in [1.165, 1.54) is 37.4 Å². The second kappa shape index (κ2) is 6.69. The van der Waals surface area contributed by atoms with Crippen molar-refractivity contribution in [3.05, 3.63) is 35.9 Å². The predicted octanol–water partition coefficient (Wildman–Crippen LogP) is 2.03. The van der Waals surface area contributed by atoms with Gasteiger partial charge in [0.2, 0.25) is 0 Å². The van der Waals surface area contributed by atoms with Gasteiger partial charge in [0, 0.05) is 55.8 Å². The number of hydrogen-bond donors (Lipinski definition) is 1. The average molecular weight is 305 g/mol. The Hall–Kier alpha value is -0.550. The lowest BCUT2D eigenvalue weighted by Gasteiger charge is -2.44. The van der Waals surface area contributed by atoms with E-state index in [4.69, 9.17) is 5.73 Å². The van der Waals surface area contributed by atoms with Crippen LogP contribution in [0.5, 0.6) is 0 Å². The zero-order chi connectivity index (χ0) is 14.7. The van der Waals surface area contributed by atoms with E-state index in [-0.39, 0.29) is 5.54 Å². The third-order valence-corrected chi connectivity index (χ3v) is 6.09. The molecule has 0 saturated carbocycles. The maximum atomic E-state index is 6.23. The first kappa shape index (κ1) is 15.3. The molecule has 0 bridgehead atoms. The number of thioether (sulfide) groups is 1. The summed E-state index contributed by atoms with van der Waals surface area (Å²) < 4.78 is 0. The van der Waals surface area contributed by atoms with Crippen LogP contribution >= 0.6 is 11.8 Å². The topological polar surface area (TPSA) is 32.5 Å². The third kappa shape index (κ3) is 3.45. The van der Waals surface area contributed by atoms with Crippen molar-refractivity contribution in [3.8, 4) is 0 Å². The van der Waals surface area contributed by atoms with E-state index < -0.39 is 0 Å². The molecule has 0 aliphatic carbocycles. The summed E-state index contributed by atoms with van der Waals surface area (Å²) in [6.07, 6.45) is 1.22. The van der Waals surface area contributed by atoms with Crippen LogP contribution in [0.1, 0.15) is 18.9 Å². The minimum atomic E-state index is 0.212. The summed E-state index contributed by atoms with van der Waals surface area (Å²) in [6.45, 7) is 8.88. The van der Waals surface area contributed by atoms with Gasteiger partial charge in [0.1, 0.15) is 0 Å². The normalized spacial score (nSPS) is 31.6. The summed E-state index contributed by atoms with van der Waals surface area (Å²) >= 11 is 2.10. The second-order valence-corrected chi connectivity index (χ2v) is 8.05. The summed E-state index contributed by atoms with van der Waals surface area (Å²) in [7, 11) is 0. The average Bonchev–Trinajstić information content (AvgIpc) is 2.93. The van der Waals surface area contributed by atoms with E-state index in [0.717, 1.165) is 24.9 Å². The van der Waals surface area contributed by atoms with E-state index >= 15 is 0 Å². The Morgan fingerprint density at radius 2 is 2.10 bits per heavy atom. The van der Waals surface area contributed by atoms with Gasteiger partial charge in [0.25, 0.3) is 0 Å². The van der Waals surface area contributed by atoms with Gasteiger partial charge in [-0.05, 0) is 12.0 Å². The second-order valence-electron chi connectivity index (χ2n) is 6.50. The van der Waals surface area contributed by atoms with Gasteiger partial charge >= 0.3 is 0 Å². The minimum Gasteiger partial charge on any atom is -0.329 e. The Morgan fingerprint density at radius 3 is 2.81 bits per heavy atom. The van der Waals surface area contributed by atoms with E-state index in [2.05, 4.69) is 58.8 Å². The largest absolute Gasteiger partial charge is 0.329 e. The van der Waals surface area contributed by atoms with Crippen molar-refractivity contribution >= 4 is 11.8 Å². The Morgan fingerprint density at radius 1 is 1.29 bits per heavy atom. The van der Waals surface area contributed by atoms with Crippen molar-refractivity contribution in [2.24, 2.45) is 5.73 Å². The first-order chi connectivity index (χ1) is 10.2. The van der Waals surface area contributed by atoms with Crippen LogP contribution in [-0.2, 0) is 6.54 Å². The molecule has 0 amide bonds. The van der Waals surface area contributed by atoms with Crippen molar-refractivity contribution in [1.29, 1.82) is 0 Å². The number of nitrogens with two attached hydrogens (primary N) is 1. The molecule has 21 heavy (non-hydrogen) atoms. The molecule has 1 aromatic rings. The molecule has 2 saturated heterocycles. The molecule has 2 aliphatic rings. The van der Waals surface area contributed by atoms with E-state index in [0.29, 0.717) is 0 Å². The van der Waals surface area contributed by atoms with Gasteiger partial charge in [-0.2, -0.15) is 11.8 Å². The lowest BCUT2D eigenvalue weighted by molar-refractivity contribution is 0.103. The van der Waals surface area contributed by atoms with Crippen molar-refractivity contribution in [2.45, 2.75) is 30.7 Å². The van der Waals surface area contributed by atoms with Crippen molar-refractivity contribution in [3.63, 3.8) is 0 Å². The van der Waals surface area contributed by atoms with Crippen LogP contribution in [0.3, 0.4) is 0 Å². The number of hydrogen-bond acceptors (Lipinski definition) is 4. The van der Waals surface area contributed by atoms with Gasteiger partial charge in [0.15, 0.2) is 0 Å². The van der Waals surface area contributed by atoms with Crippen LogP contribution in [0.2, 0.25) is 0 Å². The summed E-state index contributed by atoms with van der Waals surface area (Å²) in [5, 5.41) is 0.741. The molecule has 116 valence electrons. The number of rotatable bonds is 4. The van der Waals surface area contributed by atoms with Crippen molar-refractivity contribution in [1.82, 2.24) is 9.80 Å². The van der Waals surface area contributed by atoms with Gasteiger partial charge in [-0.3, -0.25) is 9.80 Å². The maximum Gasteiger partial charge on any atom is 0.0471 e. The molecule has 2 fully saturated rings. The third-order valence-electron chi connectivity index (χ3n) is 4.95. The fourth-order valence-corrected chi connectivity index (χ4v) is 4.73. The molecule has 3 rings (SSSR count). The van der Waals surface area contributed by atoms with Gasteiger partial charge in [-0.1, -0.05) is 37.3 Å². The SMILES string of the molecule is CC1CN(C2(CN)CCN(Cc3ccccc3)C2)CCS1. The van der Waals surface area contributed by atoms with Crippen LogP contribution in [0, 0.1) is 0 Å². The Labute approximate surface area is 132 Å². The van der Waals surface area contributed by atoms with Crippen LogP contribution < -0.4 is 5.73 Å². The molecule has 4 heteroatoms. The molecule has 2 N–H and O–H groups in total. The van der Waals surface area contributed by atoms with Crippen LogP contribution in [0.25, 0.3) is 0 Å². The molecule has 0 aromatic heterocycles. The molecule has 0 radical (unpaired) electrons. The van der Waals surface area contributed by atoms with E-state index in [1.54, 1.807) is 0 Å². The van der Waals surface area contributed by atoms with Gasteiger partial charge in [-0.25, -0.2) is 0 Å². The summed E-state index contributed by atoms with van der Waals surface area (Å²) in [5.74, 6) is 1.25. The Balaban J connectivity index is 1.65. The lowest BCUT2D eigenvalue weighted by Crippen LogP contribution is -2.59. The summed E-state index contributed by atoms with van der Waals surface area (Å²) in [4.78, 5) is 5.26. The quantitative estimate of drug-likeness (QED) is 0.922. The van der Waals surface area contributed by atoms with Crippen molar-refractivity contribution < 1.29 is 0 Å². The number of benzene rings is 1. The Kier molecular flexibility index (Phi) is 4.89. The van der Waals surface area contributed by atoms with Gasteiger partial charge in [0.05, 0.1) is 0 Å². The molecule has 1 aromatic carbocycles. The summed E-state index contributed by atoms with van der Waals surface area (Å²) in [5.41, 5.74) is 7.85. The molecule has 2 atom stereocenters. The van der Waals surface area contributed by atoms with E-state index in [9.17, 15) is 0 Å². The highest BCUT2D eigenvalue weighted by atomic mass is 32.2. The zero-order valence-corrected chi connectivity index (χ0v) is 13.8. The first-order valence-corrected chi connectivity index (χ1v) is 9.10. The lowest BCUT2D eigenvalue weighted by atomic mass is 9.95. The van der Waals surface area contributed by atoms with Gasteiger partial charge in [-0.15, -0.1) is 0 Å². The highest BCUT2D eigenvalue weighted by Crippen LogP contribution is 2.32. The van der Waals surface area contributed by atoms with Crippen molar-refractivity contribution in [2.75, 3.05) is 38.5 Å². The van der Waals surface area contributed by atoms with E-state index in [1.807, 2.05) is 0 Å². The highest BCUT2D eigenvalue weighted by molar-refractivity contribution is 7.99. The number of nitrogens with zero attached hydrogens (tertiary/aromatic N) is 2. The zero-order valence-electron chi connectivity index (χ0n) is 13.0. The highest BCUT2D eigenvalue weighted by Gasteiger charge is 2.42. The smallest absolute Gasteiger partial charge is 0.0471 e.